The topological polar surface area (TPSA) is 42.4 Å². The van der Waals surface area contributed by atoms with E-state index in [-0.39, 0.29) is 5.91 Å². The molecule has 1 aliphatic heterocycles. The minimum atomic E-state index is 0.0284. The summed E-state index contributed by atoms with van der Waals surface area (Å²) in [5.41, 5.74) is 5.63. The van der Waals surface area contributed by atoms with E-state index in [1.54, 1.807) is 0 Å². The number of morpholine rings is 1. The molecular formula is C22H22N2O2. The third kappa shape index (κ3) is 3.08. The lowest BCUT2D eigenvalue weighted by molar-refractivity contribution is 0.0303. The van der Waals surface area contributed by atoms with Crippen LogP contribution in [0.15, 0.2) is 48.5 Å². The molecule has 26 heavy (non-hydrogen) atoms. The van der Waals surface area contributed by atoms with E-state index in [0.717, 1.165) is 27.7 Å². The number of carbonyl (C=O) groups excluding carboxylic acids is 1. The van der Waals surface area contributed by atoms with E-state index in [9.17, 15) is 4.79 Å². The quantitative estimate of drug-likeness (QED) is 0.704. The Morgan fingerprint density at radius 1 is 1.04 bits per heavy atom. The van der Waals surface area contributed by atoms with Gasteiger partial charge in [-0.3, -0.25) is 4.79 Å². The maximum atomic E-state index is 13.2. The number of ether oxygens (including phenoxy) is 1. The van der Waals surface area contributed by atoms with Crippen molar-refractivity contribution in [1.29, 1.82) is 0 Å². The van der Waals surface area contributed by atoms with E-state index in [1.165, 1.54) is 5.56 Å². The highest BCUT2D eigenvalue weighted by Gasteiger charge is 2.23. The third-order valence-corrected chi connectivity index (χ3v) is 4.83. The van der Waals surface area contributed by atoms with Crippen LogP contribution in [0.3, 0.4) is 0 Å². The van der Waals surface area contributed by atoms with Crippen molar-refractivity contribution in [2.75, 3.05) is 26.3 Å². The molecule has 3 aromatic rings. The molecule has 1 fully saturated rings. The molecule has 4 nitrogen and oxygen atoms in total. The van der Waals surface area contributed by atoms with Gasteiger partial charge in [-0.1, -0.05) is 42.0 Å². The number of nitrogens with zero attached hydrogens (tertiary/aromatic N) is 2. The summed E-state index contributed by atoms with van der Waals surface area (Å²) in [5.74, 6) is 0.0284. The maximum absolute atomic E-state index is 13.2. The van der Waals surface area contributed by atoms with E-state index in [0.29, 0.717) is 31.9 Å². The zero-order valence-corrected chi connectivity index (χ0v) is 15.2. The molecule has 1 aromatic heterocycles. The molecule has 1 amide bonds. The standard InChI is InChI=1S/C22H22N2O2/c1-15-12-16(2)20-18(13-15)14-19(22(25)24-8-10-26-11-9-24)21(23-20)17-6-4-3-5-7-17/h3-7,12-14H,8-11H2,1-2H3. The Kier molecular flexibility index (Phi) is 4.43. The second kappa shape index (κ2) is 6.89. The molecule has 2 aromatic carbocycles. The molecule has 1 aliphatic rings. The lowest BCUT2D eigenvalue weighted by Gasteiger charge is -2.27. The fraction of sp³-hybridized carbons (Fsp3) is 0.273. The smallest absolute Gasteiger partial charge is 0.256 e. The summed E-state index contributed by atoms with van der Waals surface area (Å²) in [6, 6.07) is 16.2. The van der Waals surface area contributed by atoms with Crippen LogP contribution in [0.5, 0.6) is 0 Å². The van der Waals surface area contributed by atoms with Crippen molar-refractivity contribution in [2.24, 2.45) is 0 Å². The van der Waals surface area contributed by atoms with Gasteiger partial charge in [0, 0.05) is 24.0 Å². The summed E-state index contributed by atoms with van der Waals surface area (Å²) >= 11 is 0. The van der Waals surface area contributed by atoms with Crippen molar-refractivity contribution in [3.63, 3.8) is 0 Å². The van der Waals surface area contributed by atoms with Crippen LogP contribution >= 0.6 is 0 Å². The molecule has 0 radical (unpaired) electrons. The molecule has 4 rings (SSSR count). The second-order valence-electron chi connectivity index (χ2n) is 6.81. The highest BCUT2D eigenvalue weighted by molar-refractivity contribution is 6.03. The average molecular weight is 346 g/mol. The maximum Gasteiger partial charge on any atom is 0.256 e. The molecule has 0 unspecified atom stereocenters. The van der Waals surface area contributed by atoms with E-state index >= 15 is 0 Å². The Labute approximate surface area is 153 Å². The van der Waals surface area contributed by atoms with E-state index in [1.807, 2.05) is 41.3 Å². The Balaban J connectivity index is 1.92. The lowest BCUT2D eigenvalue weighted by Crippen LogP contribution is -2.41. The van der Waals surface area contributed by atoms with Crippen LogP contribution in [0, 0.1) is 13.8 Å². The van der Waals surface area contributed by atoms with Crippen LogP contribution < -0.4 is 0 Å². The fourth-order valence-corrected chi connectivity index (χ4v) is 3.57. The molecule has 0 aliphatic carbocycles. The second-order valence-corrected chi connectivity index (χ2v) is 6.81. The number of aromatic nitrogens is 1. The van der Waals surface area contributed by atoms with Crippen molar-refractivity contribution in [1.82, 2.24) is 9.88 Å². The average Bonchev–Trinajstić information content (AvgIpc) is 2.68. The Bertz CT molecular complexity index is 961. The van der Waals surface area contributed by atoms with Crippen LogP contribution in [0.25, 0.3) is 22.2 Å². The number of benzene rings is 2. The summed E-state index contributed by atoms with van der Waals surface area (Å²) in [6.45, 7) is 6.56. The monoisotopic (exact) mass is 346 g/mol. The largest absolute Gasteiger partial charge is 0.378 e. The summed E-state index contributed by atoms with van der Waals surface area (Å²) in [4.78, 5) is 20.0. The highest BCUT2D eigenvalue weighted by Crippen LogP contribution is 2.29. The molecule has 0 bridgehead atoms. The first kappa shape index (κ1) is 16.7. The van der Waals surface area contributed by atoms with E-state index < -0.39 is 0 Å². The number of amides is 1. The van der Waals surface area contributed by atoms with Gasteiger partial charge in [0.25, 0.3) is 5.91 Å². The van der Waals surface area contributed by atoms with Gasteiger partial charge < -0.3 is 9.64 Å². The molecule has 0 atom stereocenters. The number of pyridine rings is 1. The predicted molar refractivity (Wildman–Crippen MR) is 103 cm³/mol. The first-order valence-electron chi connectivity index (χ1n) is 8.98. The van der Waals surface area contributed by atoms with Crippen molar-refractivity contribution in [3.05, 3.63) is 65.2 Å². The number of carbonyl (C=O) groups is 1. The van der Waals surface area contributed by atoms with Crippen molar-refractivity contribution in [3.8, 4) is 11.3 Å². The Hall–Kier alpha value is -2.72. The summed E-state index contributed by atoms with van der Waals surface area (Å²) in [7, 11) is 0. The van der Waals surface area contributed by atoms with Crippen molar-refractivity contribution in [2.45, 2.75) is 13.8 Å². The van der Waals surface area contributed by atoms with E-state index in [2.05, 4.69) is 26.0 Å². The van der Waals surface area contributed by atoms with Gasteiger partial charge in [-0.2, -0.15) is 0 Å². The SMILES string of the molecule is Cc1cc(C)c2nc(-c3ccccc3)c(C(=O)N3CCOCC3)cc2c1. The van der Waals surface area contributed by atoms with Gasteiger partial charge in [-0.05, 0) is 31.5 Å². The van der Waals surface area contributed by atoms with Crippen LogP contribution in [0.4, 0.5) is 0 Å². The Morgan fingerprint density at radius 3 is 2.50 bits per heavy atom. The normalized spacial score (nSPS) is 14.6. The zero-order chi connectivity index (χ0) is 18.1. The van der Waals surface area contributed by atoms with Crippen LogP contribution in [0.2, 0.25) is 0 Å². The third-order valence-electron chi connectivity index (χ3n) is 4.83. The predicted octanol–water partition coefficient (Wildman–Crippen LogP) is 3.99. The van der Waals surface area contributed by atoms with Gasteiger partial charge >= 0.3 is 0 Å². The van der Waals surface area contributed by atoms with Crippen LogP contribution in [0.1, 0.15) is 21.5 Å². The van der Waals surface area contributed by atoms with Gasteiger partial charge in [0.2, 0.25) is 0 Å². The van der Waals surface area contributed by atoms with Gasteiger partial charge in [0.1, 0.15) is 0 Å². The lowest BCUT2D eigenvalue weighted by atomic mass is 9.99. The molecule has 132 valence electrons. The molecular weight excluding hydrogens is 324 g/mol. The molecule has 1 saturated heterocycles. The number of aryl methyl sites for hydroxylation is 2. The summed E-state index contributed by atoms with van der Waals surface area (Å²) in [5, 5.41) is 1.01. The number of hydrogen-bond acceptors (Lipinski definition) is 3. The molecule has 0 saturated carbocycles. The number of hydrogen-bond donors (Lipinski definition) is 0. The van der Waals surface area contributed by atoms with Gasteiger partial charge in [-0.25, -0.2) is 4.98 Å². The molecule has 4 heteroatoms. The van der Waals surface area contributed by atoms with E-state index in [4.69, 9.17) is 9.72 Å². The molecule has 0 N–H and O–H groups in total. The van der Waals surface area contributed by atoms with Crippen LogP contribution in [-0.2, 0) is 4.74 Å². The van der Waals surface area contributed by atoms with Crippen LogP contribution in [-0.4, -0.2) is 42.1 Å². The minimum Gasteiger partial charge on any atom is -0.378 e. The Morgan fingerprint density at radius 2 is 1.77 bits per heavy atom. The highest BCUT2D eigenvalue weighted by atomic mass is 16.5. The van der Waals surface area contributed by atoms with Gasteiger partial charge in [0.05, 0.1) is 30.0 Å². The fourth-order valence-electron chi connectivity index (χ4n) is 3.57. The number of rotatable bonds is 2. The summed E-state index contributed by atoms with van der Waals surface area (Å²) < 4.78 is 5.39. The zero-order valence-electron chi connectivity index (χ0n) is 15.2. The first-order valence-corrected chi connectivity index (χ1v) is 8.98. The van der Waals surface area contributed by atoms with Gasteiger partial charge in [0.15, 0.2) is 0 Å². The van der Waals surface area contributed by atoms with Crippen molar-refractivity contribution < 1.29 is 9.53 Å². The molecule has 2 heterocycles. The molecule has 0 spiro atoms. The minimum absolute atomic E-state index is 0.0284. The number of fused-ring (bicyclic) bond motifs is 1. The van der Waals surface area contributed by atoms with Crippen molar-refractivity contribution >= 4 is 16.8 Å². The first-order chi connectivity index (χ1) is 12.6. The summed E-state index contributed by atoms with van der Waals surface area (Å²) in [6.07, 6.45) is 0. The van der Waals surface area contributed by atoms with Gasteiger partial charge in [-0.15, -0.1) is 0 Å².